The van der Waals surface area contributed by atoms with Gasteiger partial charge in [-0.1, -0.05) is 23.7 Å². The summed E-state index contributed by atoms with van der Waals surface area (Å²) in [4.78, 5) is 28.0. The highest BCUT2D eigenvalue weighted by molar-refractivity contribution is 7.12. The Hall–Kier alpha value is -1.85. The lowest BCUT2D eigenvalue weighted by molar-refractivity contribution is -0.141. The van der Waals surface area contributed by atoms with E-state index in [1.165, 1.54) is 4.88 Å². The van der Waals surface area contributed by atoms with E-state index in [0.29, 0.717) is 18.0 Å². The van der Waals surface area contributed by atoms with E-state index in [-0.39, 0.29) is 18.4 Å². The molecule has 0 bridgehead atoms. The van der Waals surface area contributed by atoms with Gasteiger partial charge in [0.2, 0.25) is 5.91 Å². The maximum absolute atomic E-state index is 12.5. The van der Waals surface area contributed by atoms with Gasteiger partial charge in [0.15, 0.2) is 0 Å². The molecule has 0 saturated carbocycles. The molecule has 2 atom stereocenters. The van der Waals surface area contributed by atoms with Crippen LogP contribution in [0, 0.1) is 12.8 Å². The van der Waals surface area contributed by atoms with Gasteiger partial charge in [-0.2, -0.15) is 0 Å². The Balaban J connectivity index is 1.75. The number of carbonyl (C=O) groups is 2. The van der Waals surface area contributed by atoms with Gasteiger partial charge < -0.3 is 10.0 Å². The Labute approximate surface area is 149 Å². The number of carbonyl (C=O) groups excluding carboxylic acids is 1. The number of carboxylic acid groups (broad SMARTS) is 1. The fourth-order valence-electron chi connectivity index (χ4n) is 3.15. The summed E-state index contributed by atoms with van der Waals surface area (Å²) in [5.41, 5.74) is 0.911. The number of amides is 1. The highest BCUT2D eigenvalue weighted by Gasteiger charge is 2.40. The number of hydrogen-bond donors (Lipinski definition) is 1. The van der Waals surface area contributed by atoms with Crippen LogP contribution < -0.4 is 0 Å². The first kappa shape index (κ1) is 17.0. The summed E-state index contributed by atoms with van der Waals surface area (Å²) in [7, 11) is 0. The van der Waals surface area contributed by atoms with E-state index in [4.69, 9.17) is 11.6 Å². The van der Waals surface area contributed by atoms with Gasteiger partial charge in [-0.25, -0.2) is 0 Å². The molecule has 126 valence electrons. The zero-order valence-corrected chi connectivity index (χ0v) is 14.8. The van der Waals surface area contributed by atoms with E-state index in [0.717, 1.165) is 10.4 Å². The summed E-state index contributed by atoms with van der Waals surface area (Å²) in [5.74, 6) is -1.66. The van der Waals surface area contributed by atoms with Gasteiger partial charge in [0.25, 0.3) is 0 Å². The van der Waals surface area contributed by atoms with Crippen LogP contribution in [0.15, 0.2) is 36.4 Å². The van der Waals surface area contributed by atoms with Gasteiger partial charge in [0.1, 0.15) is 0 Å². The summed E-state index contributed by atoms with van der Waals surface area (Å²) < 4.78 is 0. The van der Waals surface area contributed by atoms with Crippen molar-refractivity contribution >= 4 is 34.8 Å². The number of carboxylic acids is 1. The molecule has 1 fully saturated rings. The number of nitrogens with zero attached hydrogens (tertiary/aromatic N) is 1. The Morgan fingerprint density at radius 3 is 2.50 bits per heavy atom. The van der Waals surface area contributed by atoms with Crippen molar-refractivity contribution in [3.8, 4) is 0 Å². The molecule has 2 aromatic rings. The molecule has 1 aromatic carbocycles. The van der Waals surface area contributed by atoms with Gasteiger partial charge in [-0.15, -0.1) is 11.3 Å². The van der Waals surface area contributed by atoms with Crippen LogP contribution >= 0.6 is 22.9 Å². The number of likely N-dealkylation sites (tertiary alicyclic amines) is 1. The second kappa shape index (κ2) is 6.95. The molecule has 1 N–H and O–H groups in total. The van der Waals surface area contributed by atoms with Gasteiger partial charge in [-0.3, -0.25) is 9.59 Å². The largest absolute Gasteiger partial charge is 0.481 e. The van der Waals surface area contributed by atoms with E-state index >= 15 is 0 Å². The van der Waals surface area contributed by atoms with Crippen molar-refractivity contribution in [2.45, 2.75) is 19.3 Å². The van der Waals surface area contributed by atoms with E-state index < -0.39 is 11.9 Å². The van der Waals surface area contributed by atoms with Crippen molar-refractivity contribution in [2.75, 3.05) is 13.1 Å². The van der Waals surface area contributed by atoms with Gasteiger partial charge in [-0.05, 0) is 36.8 Å². The molecular weight excluding hydrogens is 346 g/mol. The summed E-state index contributed by atoms with van der Waals surface area (Å²) in [6, 6.07) is 11.2. The average Bonchev–Trinajstić information content (AvgIpc) is 3.15. The number of rotatable bonds is 4. The molecule has 4 nitrogen and oxygen atoms in total. The average molecular weight is 364 g/mol. The van der Waals surface area contributed by atoms with Crippen LogP contribution in [-0.4, -0.2) is 35.0 Å². The maximum atomic E-state index is 12.5. The van der Waals surface area contributed by atoms with E-state index in [9.17, 15) is 14.7 Å². The number of hydrogen-bond acceptors (Lipinski definition) is 3. The Morgan fingerprint density at radius 2 is 1.92 bits per heavy atom. The lowest BCUT2D eigenvalue weighted by atomic mass is 9.89. The van der Waals surface area contributed by atoms with Crippen molar-refractivity contribution in [3.63, 3.8) is 0 Å². The molecule has 2 heterocycles. The van der Waals surface area contributed by atoms with Crippen LogP contribution in [0.1, 0.15) is 21.2 Å². The number of halogens is 1. The molecule has 1 aliphatic rings. The summed E-state index contributed by atoms with van der Waals surface area (Å²) in [6.45, 7) is 2.69. The topological polar surface area (TPSA) is 57.6 Å². The predicted octanol–water partition coefficient (Wildman–Crippen LogP) is 3.58. The molecule has 3 rings (SSSR count). The molecule has 1 aromatic heterocycles. The van der Waals surface area contributed by atoms with E-state index in [1.54, 1.807) is 28.4 Å². The quantitative estimate of drug-likeness (QED) is 0.903. The normalized spacial score (nSPS) is 20.3. The lowest BCUT2D eigenvalue weighted by Crippen LogP contribution is -2.31. The number of benzene rings is 1. The van der Waals surface area contributed by atoms with Crippen molar-refractivity contribution < 1.29 is 14.7 Å². The van der Waals surface area contributed by atoms with Crippen LogP contribution in [0.2, 0.25) is 5.02 Å². The molecule has 24 heavy (non-hydrogen) atoms. The minimum Gasteiger partial charge on any atom is -0.481 e. The monoisotopic (exact) mass is 363 g/mol. The molecule has 0 aliphatic carbocycles. The highest BCUT2D eigenvalue weighted by atomic mass is 35.5. The number of thiophene rings is 1. The predicted molar refractivity (Wildman–Crippen MR) is 94.7 cm³/mol. The molecule has 0 spiro atoms. The van der Waals surface area contributed by atoms with Crippen LogP contribution in [0.5, 0.6) is 0 Å². The van der Waals surface area contributed by atoms with Crippen LogP contribution in [0.25, 0.3) is 0 Å². The Kier molecular flexibility index (Phi) is 4.92. The summed E-state index contributed by atoms with van der Waals surface area (Å²) >= 11 is 7.51. The van der Waals surface area contributed by atoms with Gasteiger partial charge >= 0.3 is 5.97 Å². The van der Waals surface area contributed by atoms with E-state index in [1.807, 2.05) is 31.2 Å². The molecule has 1 saturated heterocycles. The van der Waals surface area contributed by atoms with Gasteiger partial charge in [0, 0.05) is 33.8 Å². The van der Waals surface area contributed by atoms with Crippen molar-refractivity contribution in [1.82, 2.24) is 4.90 Å². The first-order chi connectivity index (χ1) is 11.4. The molecule has 0 unspecified atom stereocenters. The first-order valence-corrected chi connectivity index (χ1v) is 8.95. The van der Waals surface area contributed by atoms with E-state index in [2.05, 4.69) is 0 Å². The third-order valence-electron chi connectivity index (χ3n) is 4.41. The number of aryl methyl sites for hydroxylation is 1. The molecule has 0 radical (unpaired) electrons. The Morgan fingerprint density at radius 1 is 1.21 bits per heavy atom. The SMILES string of the molecule is Cc1ccc(CC(=O)N2C[C@@H](C(=O)O)[C@H](c3ccc(Cl)cc3)C2)s1. The lowest BCUT2D eigenvalue weighted by Gasteiger charge is -2.16. The van der Waals surface area contributed by atoms with Crippen molar-refractivity contribution in [3.05, 3.63) is 56.7 Å². The molecule has 1 aliphatic heterocycles. The number of aliphatic carboxylic acids is 1. The third-order valence-corrected chi connectivity index (χ3v) is 5.66. The first-order valence-electron chi connectivity index (χ1n) is 7.75. The Bertz CT molecular complexity index is 756. The maximum Gasteiger partial charge on any atom is 0.308 e. The fraction of sp³-hybridized carbons (Fsp3) is 0.333. The van der Waals surface area contributed by atoms with Crippen LogP contribution in [0.4, 0.5) is 0 Å². The summed E-state index contributed by atoms with van der Waals surface area (Å²) in [6.07, 6.45) is 0.332. The zero-order valence-electron chi connectivity index (χ0n) is 13.2. The third kappa shape index (κ3) is 3.62. The second-order valence-corrected chi connectivity index (χ2v) is 7.90. The second-order valence-electron chi connectivity index (χ2n) is 6.09. The standard InChI is InChI=1S/C18H18ClNO3S/c1-11-2-7-14(24-11)8-17(21)20-9-15(16(10-20)18(22)23)12-3-5-13(19)6-4-12/h2-7,15-16H,8-10H2,1H3,(H,22,23)/t15-,16+/m0/s1. The van der Waals surface area contributed by atoms with Crippen LogP contribution in [-0.2, 0) is 16.0 Å². The van der Waals surface area contributed by atoms with Crippen LogP contribution in [0.3, 0.4) is 0 Å². The highest BCUT2D eigenvalue weighted by Crippen LogP contribution is 2.34. The van der Waals surface area contributed by atoms with Crippen molar-refractivity contribution in [1.29, 1.82) is 0 Å². The smallest absolute Gasteiger partial charge is 0.308 e. The molecular formula is C18H18ClNO3S. The fourth-order valence-corrected chi connectivity index (χ4v) is 4.15. The van der Waals surface area contributed by atoms with Gasteiger partial charge in [0.05, 0.1) is 12.3 Å². The minimum atomic E-state index is -0.864. The van der Waals surface area contributed by atoms with Crippen molar-refractivity contribution in [2.24, 2.45) is 5.92 Å². The zero-order chi connectivity index (χ0) is 17.3. The summed E-state index contributed by atoms with van der Waals surface area (Å²) in [5, 5.41) is 10.1. The molecule has 6 heteroatoms. The molecule has 1 amide bonds. The minimum absolute atomic E-state index is 0.0143.